The van der Waals surface area contributed by atoms with Crippen molar-refractivity contribution in [2.45, 2.75) is 13.5 Å². The van der Waals surface area contributed by atoms with Crippen LogP contribution in [0.4, 0.5) is 11.4 Å². The Labute approximate surface area is 145 Å². The fourth-order valence-corrected chi connectivity index (χ4v) is 2.51. The summed E-state index contributed by atoms with van der Waals surface area (Å²) < 4.78 is 6.04. The van der Waals surface area contributed by atoms with Gasteiger partial charge in [0.05, 0.1) is 10.4 Å². The van der Waals surface area contributed by atoms with E-state index in [0.717, 1.165) is 10.1 Å². The molecule has 0 unspecified atom stereocenters. The molecule has 0 fully saturated rings. The van der Waals surface area contributed by atoms with Crippen molar-refractivity contribution in [1.82, 2.24) is 4.57 Å². The van der Waals surface area contributed by atoms with Gasteiger partial charge in [-0.15, -0.1) is 0 Å². The number of halogens is 1. The maximum atomic E-state index is 12.2. The Morgan fingerprint density at radius 1 is 1.32 bits per heavy atom. The molecule has 8 nitrogen and oxygen atoms in total. The molecule has 0 atom stereocenters. The van der Waals surface area contributed by atoms with E-state index in [1.807, 2.05) is 6.92 Å². The summed E-state index contributed by atoms with van der Waals surface area (Å²) in [6.45, 7) is 1.48. The molecule has 1 heterocycles. The molecule has 0 aliphatic rings. The van der Waals surface area contributed by atoms with Crippen LogP contribution in [-0.4, -0.2) is 15.4 Å². The normalized spacial score (nSPS) is 10.8. The number of non-ortho nitro benzene ring substituents is 1. The van der Waals surface area contributed by atoms with Gasteiger partial charge in [0.25, 0.3) is 5.69 Å². The van der Waals surface area contributed by atoms with Gasteiger partial charge in [0.1, 0.15) is 6.54 Å². The molecule has 0 spiro atoms. The number of hydrogen-bond donors (Lipinski definition) is 1. The number of hydrogen-bond acceptors (Lipinski definition) is 5. The third-order valence-corrected chi connectivity index (χ3v) is 4.03. The van der Waals surface area contributed by atoms with Crippen molar-refractivity contribution in [1.29, 1.82) is 0 Å². The number of aromatic nitrogens is 1. The molecular weight excluding hydrogens is 350 g/mol. The molecule has 1 aromatic heterocycles. The van der Waals surface area contributed by atoms with Crippen LogP contribution in [0.2, 0.25) is 5.02 Å². The van der Waals surface area contributed by atoms with Crippen LogP contribution in [-0.2, 0) is 11.3 Å². The monoisotopic (exact) mass is 361 g/mol. The van der Waals surface area contributed by atoms with Crippen molar-refractivity contribution in [3.8, 4) is 0 Å². The van der Waals surface area contributed by atoms with Gasteiger partial charge in [-0.05, 0) is 30.7 Å². The summed E-state index contributed by atoms with van der Waals surface area (Å²) in [5, 5.41) is 14.0. The number of nitro groups is 1. The molecule has 0 aliphatic heterocycles. The number of oxazole rings is 1. The lowest BCUT2D eigenvalue weighted by Gasteiger charge is -2.07. The molecule has 3 rings (SSSR count). The molecule has 1 amide bonds. The van der Waals surface area contributed by atoms with Gasteiger partial charge < -0.3 is 9.73 Å². The number of aryl methyl sites for hydroxylation is 1. The molecule has 0 saturated heterocycles. The highest BCUT2D eigenvalue weighted by atomic mass is 35.5. The van der Waals surface area contributed by atoms with Gasteiger partial charge in [0.15, 0.2) is 5.58 Å². The molecule has 0 aliphatic carbocycles. The number of nitrogens with one attached hydrogen (secondary N) is 1. The number of carbonyl (C=O) groups is 1. The number of fused-ring (bicyclic) bond motifs is 1. The lowest BCUT2D eigenvalue weighted by molar-refractivity contribution is -0.384. The molecule has 0 saturated carbocycles. The van der Waals surface area contributed by atoms with Crippen molar-refractivity contribution in [2.75, 3.05) is 5.32 Å². The van der Waals surface area contributed by atoms with Gasteiger partial charge in [-0.1, -0.05) is 17.7 Å². The zero-order chi connectivity index (χ0) is 18.1. The van der Waals surface area contributed by atoms with E-state index in [0.29, 0.717) is 10.7 Å². The number of nitrogens with zero attached hydrogens (tertiary/aromatic N) is 2. The molecule has 1 N–H and O–H groups in total. The number of carbonyl (C=O) groups excluding carboxylic acids is 1. The minimum atomic E-state index is -0.771. The highest BCUT2D eigenvalue weighted by Crippen LogP contribution is 2.21. The molecule has 128 valence electrons. The summed E-state index contributed by atoms with van der Waals surface area (Å²) in [5.41, 5.74) is 1.49. The largest absolute Gasteiger partial charge is 0.420 e. The molecule has 2 aromatic carbocycles. The van der Waals surface area contributed by atoms with E-state index >= 15 is 0 Å². The van der Waals surface area contributed by atoms with Gasteiger partial charge in [-0.3, -0.25) is 19.5 Å². The first-order chi connectivity index (χ1) is 11.8. The van der Waals surface area contributed by atoms with Crippen LogP contribution in [0.3, 0.4) is 0 Å². The molecule has 9 heteroatoms. The summed E-state index contributed by atoms with van der Waals surface area (Å²) in [6.07, 6.45) is 0. The number of rotatable bonds is 4. The van der Waals surface area contributed by atoms with E-state index < -0.39 is 16.6 Å². The van der Waals surface area contributed by atoms with Crippen LogP contribution < -0.4 is 11.1 Å². The second kappa shape index (κ2) is 6.40. The van der Waals surface area contributed by atoms with Crippen molar-refractivity contribution in [2.24, 2.45) is 0 Å². The number of benzene rings is 2. The maximum Gasteiger partial charge on any atom is 0.420 e. The predicted octanol–water partition coefficient (Wildman–Crippen LogP) is 3.10. The molecule has 0 radical (unpaired) electrons. The predicted molar refractivity (Wildman–Crippen MR) is 91.9 cm³/mol. The van der Waals surface area contributed by atoms with Crippen molar-refractivity contribution in [3.05, 3.63) is 67.6 Å². The summed E-state index contributed by atoms with van der Waals surface area (Å²) in [4.78, 5) is 34.4. The summed E-state index contributed by atoms with van der Waals surface area (Å²) >= 11 is 6.01. The summed E-state index contributed by atoms with van der Waals surface area (Å²) in [5.74, 6) is -1.26. The highest BCUT2D eigenvalue weighted by molar-refractivity contribution is 6.31. The summed E-state index contributed by atoms with van der Waals surface area (Å²) in [7, 11) is 0. The van der Waals surface area contributed by atoms with Crippen LogP contribution in [0.5, 0.6) is 0 Å². The van der Waals surface area contributed by atoms with Crippen molar-refractivity contribution < 1.29 is 14.1 Å². The Balaban J connectivity index is 1.88. The quantitative estimate of drug-likeness (QED) is 0.567. The van der Waals surface area contributed by atoms with E-state index in [9.17, 15) is 19.7 Å². The third kappa shape index (κ3) is 3.38. The van der Waals surface area contributed by atoms with Crippen molar-refractivity contribution >= 4 is 40.0 Å². The second-order valence-electron chi connectivity index (χ2n) is 5.38. The number of nitro benzene ring substituents is 1. The Morgan fingerprint density at radius 2 is 2.08 bits per heavy atom. The van der Waals surface area contributed by atoms with Gasteiger partial charge in [0, 0.05) is 22.8 Å². The molecule has 25 heavy (non-hydrogen) atoms. The van der Waals surface area contributed by atoms with E-state index in [2.05, 4.69) is 5.32 Å². The highest BCUT2D eigenvalue weighted by Gasteiger charge is 2.16. The Kier molecular flexibility index (Phi) is 4.28. The van der Waals surface area contributed by atoms with Crippen LogP contribution in [0.1, 0.15) is 5.56 Å². The average molecular weight is 362 g/mol. The lowest BCUT2D eigenvalue weighted by Crippen LogP contribution is -2.24. The lowest BCUT2D eigenvalue weighted by atomic mass is 10.2. The second-order valence-corrected chi connectivity index (χ2v) is 5.78. The Morgan fingerprint density at radius 3 is 2.76 bits per heavy atom. The smallest absolute Gasteiger partial charge is 0.408 e. The Hall–Kier alpha value is -3.13. The SMILES string of the molecule is Cc1ccc(NC(=O)Cn2c(=O)oc3ccc([N+](=O)[O-])cc32)cc1Cl. The minimum Gasteiger partial charge on any atom is -0.408 e. The maximum absolute atomic E-state index is 12.2. The standard InChI is InChI=1S/C16H12ClN3O5/c1-9-2-3-10(6-12(9)17)18-15(21)8-19-13-7-11(20(23)24)4-5-14(13)25-16(19)22/h2-7H,8H2,1H3,(H,18,21). The van der Waals surface area contributed by atoms with Crippen molar-refractivity contribution in [3.63, 3.8) is 0 Å². The van der Waals surface area contributed by atoms with E-state index in [-0.39, 0.29) is 23.3 Å². The van der Waals surface area contributed by atoms with E-state index in [1.54, 1.807) is 18.2 Å². The topological polar surface area (TPSA) is 107 Å². The summed E-state index contributed by atoms with van der Waals surface area (Å²) in [6, 6.07) is 8.76. The number of amides is 1. The van der Waals surface area contributed by atoms with Crippen LogP contribution >= 0.6 is 11.6 Å². The van der Waals surface area contributed by atoms with Gasteiger partial charge in [-0.2, -0.15) is 0 Å². The first-order valence-electron chi connectivity index (χ1n) is 7.19. The fraction of sp³-hybridized carbons (Fsp3) is 0.125. The van der Waals surface area contributed by atoms with Crippen LogP contribution in [0.15, 0.2) is 45.6 Å². The van der Waals surface area contributed by atoms with E-state index in [4.69, 9.17) is 16.0 Å². The number of anilines is 1. The first-order valence-corrected chi connectivity index (χ1v) is 7.57. The minimum absolute atomic E-state index is 0.168. The van der Waals surface area contributed by atoms with Gasteiger partial charge in [-0.25, -0.2) is 4.79 Å². The van der Waals surface area contributed by atoms with Gasteiger partial charge >= 0.3 is 5.76 Å². The molecule has 3 aromatic rings. The average Bonchev–Trinajstić information content (AvgIpc) is 2.86. The van der Waals surface area contributed by atoms with Crippen LogP contribution in [0.25, 0.3) is 11.1 Å². The van der Waals surface area contributed by atoms with Gasteiger partial charge in [0.2, 0.25) is 5.91 Å². The first kappa shape index (κ1) is 16.7. The molecule has 0 bridgehead atoms. The molecular formula is C16H12ClN3O5. The fourth-order valence-electron chi connectivity index (χ4n) is 2.33. The zero-order valence-electron chi connectivity index (χ0n) is 13.0. The Bertz CT molecular complexity index is 1050. The van der Waals surface area contributed by atoms with E-state index in [1.165, 1.54) is 18.2 Å². The zero-order valence-corrected chi connectivity index (χ0v) is 13.7. The van der Waals surface area contributed by atoms with Crippen LogP contribution in [0, 0.1) is 17.0 Å². The third-order valence-electron chi connectivity index (χ3n) is 3.62.